The van der Waals surface area contributed by atoms with Gasteiger partial charge in [0.25, 0.3) is 0 Å². The maximum atomic E-state index is 12.1. The number of hydrogen-bond acceptors (Lipinski definition) is 3. The molecule has 0 aliphatic rings. The second-order valence-corrected chi connectivity index (χ2v) is 2.61. The number of H-pyrrole nitrogens is 1. The maximum Gasteiger partial charge on any atom is 0.431 e. The smallest absolute Gasteiger partial charge is 0.431 e. The Labute approximate surface area is 81.7 Å². The minimum Gasteiger partial charge on any atom is -0.465 e. The molecule has 1 N–H and O–H groups in total. The monoisotopic (exact) mass is 221 g/mol. The largest absolute Gasteiger partial charge is 0.465 e. The number of aromatic nitrogens is 1. The molecule has 0 aliphatic carbocycles. The van der Waals surface area contributed by atoms with Crippen molar-refractivity contribution in [3.63, 3.8) is 0 Å². The highest BCUT2D eigenvalue weighted by Crippen LogP contribution is 2.26. The van der Waals surface area contributed by atoms with Gasteiger partial charge in [0.2, 0.25) is 0 Å². The second-order valence-electron chi connectivity index (χ2n) is 2.61. The van der Waals surface area contributed by atoms with Crippen molar-refractivity contribution in [2.75, 3.05) is 7.11 Å². The number of halogens is 3. The lowest BCUT2D eigenvalue weighted by Crippen LogP contribution is -2.20. The summed E-state index contributed by atoms with van der Waals surface area (Å²) in [5.41, 5.74) is -2.71. The SMILES string of the molecule is COC(=O)c1c[nH]c(C(F)(F)F)cc1=O. The minimum atomic E-state index is -4.65. The molecule has 0 aliphatic heterocycles. The molecule has 0 spiro atoms. The first kappa shape index (κ1) is 11.3. The van der Waals surface area contributed by atoms with Gasteiger partial charge in [-0.15, -0.1) is 0 Å². The number of esters is 1. The number of rotatable bonds is 1. The van der Waals surface area contributed by atoms with E-state index in [1.165, 1.54) is 0 Å². The van der Waals surface area contributed by atoms with Gasteiger partial charge in [-0.3, -0.25) is 4.79 Å². The molecule has 4 nitrogen and oxygen atoms in total. The standard InChI is InChI=1S/C8H6F3NO3/c1-15-7(14)4-3-12-6(2-5(4)13)8(9,10)11/h2-3H,1H3,(H,12,13). The molecule has 15 heavy (non-hydrogen) atoms. The Bertz CT molecular complexity index is 435. The number of ether oxygens (including phenoxy) is 1. The summed E-state index contributed by atoms with van der Waals surface area (Å²) < 4.78 is 40.5. The first-order valence-corrected chi connectivity index (χ1v) is 3.74. The van der Waals surface area contributed by atoms with E-state index in [4.69, 9.17) is 0 Å². The topological polar surface area (TPSA) is 59.2 Å². The Morgan fingerprint density at radius 3 is 2.47 bits per heavy atom. The molecule has 0 saturated carbocycles. The summed E-state index contributed by atoms with van der Waals surface area (Å²) in [4.78, 5) is 23.7. The zero-order chi connectivity index (χ0) is 11.6. The lowest BCUT2D eigenvalue weighted by atomic mass is 10.2. The van der Waals surface area contributed by atoms with Crippen molar-refractivity contribution >= 4 is 5.97 Å². The summed E-state index contributed by atoms with van der Waals surface area (Å²) >= 11 is 0. The van der Waals surface area contributed by atoms with Gasteiger partial charge >= 0.3 is 12.1 Å². The van der Waals surface area contributed by atoms with Crippen molar-refractivity contribution in [2.24, 2.45) is 0 Å². The number of carbonyl (C=O) groups is 1. The molecule has 0 unspecified atom stereocenters. The molecular formula is C8H6F3NO3. The number of aromatic amines is 1. The van der Waals surface area contributed by atoms with Crippen LogP contribution in [0, 0.1) is 0 Å². The van der Waals surface area contributed by atoms with Crippen molar-refractivity contribution in [3.05, 3.63) is 33.7 Å². The van der Waals surface area contributed by atoms with Gasteiger partial charge in [-0.2, -0.15) is 13.2 Å². The van der Waals surface area contributed by atoms with Crippen LogP contribution in [0.4, 0.5) is 13.2 Å². The minimum absolute atomic E-state index is 0.312. The van der Waals surface area contributed by atoms with Gasteiger partial charge in [0, 0.05) is 12.3 Å². The van der Waals surface area contributed by atoms with Crippen molar-refractivity contribution in [2.45, 2.75) is 6.18 Å². The lowest BCUT2D eigenvalue weighted by Gasteiger charge is -2.06. The van der Waals surface area contributed by atoms with Crippen molar-refractivity contribution in [1.29, 1.82) is 0 Å². The van der Waals surface area contributed by atoms with Crippen LogP contribution in [0.3, 0.4) is 0 Å². The highest BCUT2D eigenvalue weighted by molar-refractivity contribution is 5.88. The average molecular weight is 221 g/mol. The summed E-state index contributed by atoms with van der Waals surface area (Å²) in [6.45, 7) is 0. The van der Waals surface area contributed by atoms with Crippen molar-refractivity contribution in [3.8, 4) is 0 Å². The van der Waals surface area contributed by atoms with Crippen LogP contribution in [0.2, 0.25) is 0 Å². The molecule has 82 valence electrons. The molecule has 7 heteroatoms. The summed E-state index contributed by atoms with van der Waals surface area (Å²) in [5, 5.41) is 0. The van der Waals surface area contributed by atoms with Crippen LogP contribution in [0.15, 0.2) is 17.1 Å². The fraction of sp³-hybridized carbons (Fsp3) is 0.250. The van der Waals surface area contributed by atoms with E-state index in [1.807, 2.05) is 4.98 Å². The lowest BCUT2D eigenvalue weighted by molar-refractivity contribution is -0.141. The molecule has 1 rings (SSSR count). The summed E-state index contributed by atoms with van der Waals surface area (Å²) in [7, 11) is 1.03. The third kappa shape index (κ3) is 2.36. The van der Waals surface area contributed by atoms with Gasteiger partial charge < -0.3 is 9.72 Å². The third-order valence-corrected chi connectivity index (χ3v) is 1.62. The summed E-state index contributed by atoms with van der Waals surface area (Å²) in [6.07, 6.45) is -3.97. The quantitative estimate of drug-likeness (QED) is 0.724. The van der Waals surface area contributed by atoms with E-state index in [0.29, 0.717) is 12.3 Å². The first-order valence-electron chi connectivity index (χ1n) is 3.74. The molecule has 1 aromatic rings. The predicted molar refractivity (Wildman–Crippen MR) is 43.4 cm³/mol. The molecule has 0 amide bonds. The fourth-order valence-electron chi connectivity index (χ4n) is 0.905. The van der Waals surface area contributed by atoms with E-state index in [-0.39, 0.29) is 0 Å². The molecule has 0 fully saturated rings. The molecule has 0 atom stereocenters. The zero-order valence-electron chi connectivity index (χ0n) is 7.51. The van der Waals surface area contributed by atoms with Crippen LogP contribution in [0.1, 0.15) is 16.1 Å². The van der Waals surface area contributed by atoms with Crippen LogP contribution in [0.25, 0.3) is 0 Å². The van der Waals surface area contributed by atoms with Crippen LogP contribution < -0.4 is 5.43 Å². The van der Waals surface area contributed by atoms with E-state index in [1.54, 1.807) is 0 Å². The van der Waals surface area contributed by atoms with Gasteiger partial charge in [-0.1, -0.05) is 0 Å². The highest BCUT2D eigenvalue weighted by atomic mass is 19.4. The van der Waals surface area contributed by atoms with E-state index < -0.39 is 28.8 Å². The van der Waals surface area contributed by atoms with E-state index in [9.17, 15) is 22.8 Å². The van der Waals surface area contributed by atoms with Gasteiger partial charge in [-0.25, -0.2) is 4.79 Å². The Kier molecular flexibility index (Phi) is 2.83. The van der Waals surface area contributed by atoms with Crippen LogP contribution >= 0.6 is 0 Å². The maximum absolute atomic E-state index is 12.1. The predicted octanol–water partition coefficient (Wildman–Crippen LogP) is 1.18. The van der Waals surface area contributed by atoms with Crippen LogP contribution in [-0.2, 0) is 10.9 Å². The normalized spacial score (nSPS) is 11.2. The zero-order valence-corrected chi connectivity index (χ0v) is 7.51. The molecular weight excluding hydrogens is 215 g/mol. The van der Waals surface area contributed by atoms with E-state index in [0.717, 1.165) is 7.11 Å². The first-order chi connectivity index (χ1) is 6.86. The molecule has 0 saturated heterocycles. The van der Waals surface area contributed by atoms with E-state index >= 15 is 0 Å². The third-order valence-electron chi connectivity index (χ3n) is 1.62. The van der Waals surface area contributed by atoms with E-state index in [2.05, 4.69) is 4.74 Å². The number of carbonyl (C=O) groups excluding carboxylic acids is 1. The van der Waals surface area contributed by atoms with Gasteiger partial charge in [0.15, 0.2) is 5.43 Å². The molecule has 0 aromatic carbocycles. The van der Waals surface area contributed by atoms with Crippen LogP contribution in [0.5, 0.6) is 0 Å². The number of methoxy groups -OCH3 is 1. The number of hydrogen-bond donors (Lipinski definition) is 1. The highest BCUT2D eigenvalue weighted by Gasteiger charge is 2.32. The molecule has 0 radical (unpaired) electrons. The Hall–Kier alpha value is -1.79. The van der Waals surface area contributed by atoms with Gasteiger partial charge in [0.1, 0.15) is 11.3 Å². The fourth-order valence-corrected chi connectivity index (χ4v) is 0.905. The average Bonchev–Trinajstić information content (AvgIpc) is 2.15. The number of alkyl halides is 3. The van der Waals surface area contributed by atoms with Gasteiger partial charge in [-0.05, 0) is 0 Å². The van der Waals surface area contributed by atoms with Gasteiger partial charge in [0.05, 0.1) is 7.11 Å². The summed E-state index contributed by atoms with van der Waals surface area (Å²) in [6, 6.07) is 0.312. The number of pyridine rings is 1. The second kappa shape index (κ2) is 3.76. The molecule has 1 heterocycles. The van der Waals surface area contributed by atoms with Crippen molar-refractivity contribution < 1.29 is 22.7 Å². The molecule has 1 aromatic heterocycles. The van der Waals surface area contributed by atoms with Crippen LogP contribution in [-0.4, -0.2) is 18.1 Å². The Morgan fingerprint density at radius 2 is 2.07 bits per heavy atom. The Morgan fingerprint density at radius 1 is 1.47 bits per heavy atom. The summed E-state index contributed by atoms with van der Waals surface area (Å²) in [5.74, 6) is -0.982. The number of nitrogens with one attached hydrogen (secondary N) is 1. The van der Waals surface area contributed by atoms with Crippen molar-refractivity contribution in [1.82, 2.24) is 4.98 Å². The Balaban J connectivity index is 3.21. The molecule has 0 bridgehead atoms.